The summed E-state index contributed by atoms with van der Waals surface area (Å²) in [6, 6.07) is 26.7. The molecule has 25 heavy (non-hydrogen) atoms. The Hall–Kier alpha value is -2.29. The predicted octanol–water partition coefficient (Wildman–Crippen LogP) is 5.77. The van der Waals surface area contributed by atoms with Gasteiger partial charge in [0.1, 0.15) is 12.4 Å². The Morgan fingerprint density at radius 2 is 1.64 bits per heavy atom. The number of nitrogens with one attached hydrogen (secondary N) is 1. The minimum atomic E-state index is 0.305. The first kappa shape index (κ1) is 17.5. The highest BCUT2D eigenvalue weighted by molar-refractivity contribution is 6.30. The molecule has 0 aliphatic heterocycles. The van der Waals surface area contributed by atoms with Gasteiger partial charge >= 0.3 is 0 Å². The van der Waals surface area contributed by atoms with Crippen LogP contribution in [-0.4, -0.2) is 0 Å². The van der Waals surface area contributed by atoms with E-state index in [0.717, 1.165) is 22.9 Å². The van der Waals surface area contributed by atoms with Crippen molar-refractivity contribution in [3.63, 3.8) is 0 Å². The maximum atomic E-state index is 5.91. The van der Waals surface area contributed by atoms with Gasteiger partial charge in [-0.3, -0.25) is 0 Å². The van der Waals surface area contributed by atoms with E-state index in [4.69, 9.17) is 16.3 Å². The third kappa shape index (κ3) is 5.35. The molecule has 3 heteroatoms. The second-order valence-electron chi connectivity index (χ2n) is 6.08. The average molecular weight is 352 g/mol. The monoisotopic (exact) mass is 351 g/mol. The summed E-state index contributed by atoms with van der Waals surface area (Å²) in [6.45, 7) is 3.51. The molecule has 0 aliphatic rings. The molecule has 0 amide bonds. The highest BCUT2D eigenvalue weighted by atomic mass is 35.5. The molecular weight excluding hydrogens is 330 g/mol. The Labute approximate surface area is 154 Å². The second kappa shape index (κ2) is 8.70. The predicted molar refractivity (Wildman–Crippen MR) is 104 cm³/mol. The zero-order chi connectivity index (χ0) is 17.5. The van der Waals surface area contributed by atoms with Gasteiger partial charge in [0, 0.05) is 17.6 Å². The molecule has 0 spiro atoms. The minimum Gasteiger partial charge on any atom is -0.489 e. The summed E-state index contributed by atoms with van der Waals surface area (Å²) in [5.41, 5.74) is 3.60. The number of hydrogen-bond donors (Lipinski definition) is 1. The highest BCUT2D eigenvalue weighted by Gasteiger charge is 2.04. The average Bonchev–Trinajstić information content (AvgIpc) is 2.67. The molecule has 0 bridgehead atoms. The van der Waals surface area contributed by atoms with Crippen molar-refractivity contribution in [2.75, 3.05) is 0 Å². The van der Waals surface area contributed by atoms with Gasteiger partial charge in [-0.25, -0.2) is 0 Å². The molecular formula is C22H22ClNO. The molecule has 0 fully saturated rings. The first-order chi connectivity index (χ1) is 12.2. The Bertz CT molecular complexity index is 787. The highest BCUT2D eigenvalue weighted by Crippen LogP contribution is 2.18. The fourth-order valence-electron chi connectivity index (χ4n) is 2.62. The molecule has 3 rings (SSSR count). The summed E-state index contributed by atoms with van der Waals surface area (Å²) >= 11 is 5.91. The van der Waals surface area contributed by atoms with Gasteiger partial charge in [-0.2, -0.15) is 0 Å². The molecule has 2 nitrogen and oxygen atoms in total. The van der Waals surface area contributed by atoms with E-state index in [1.54, 1.807) is 0 Å². The topological polar surface area (TPSA) is 21.3 Å². The summed E-state index contributed by atoms with van der Waals surface area (Å²) < 4.78 is 5.89. The van der Waals surface area contributed by atoms with E-state index in [0.29, 0.717) is 12.6 Å². The zero-order valence-corrected chi connectivity index (χ0v) is 15.0. The van der Waals surface area contributed by atoms with Gasteiger partial charge in [0.15, 0.2) is 0 Å². The lowest BCUT2D eigenvalue weighted by atomic mass is 10.1. The SMILES string of the molecule is CC(NCc1cccc(OCc2ccc(Cl)cc2)c1)c1ccccc1. The fraction of sp³-hybridized carbons (Fsp3) is 0.182. The molecule has 0 aliphatic carbocycles. The number of halogens is 1. The van der Waals surface area contributed by atoms with E-state index >= 15 is 0 Å². The van der Waals surface area contributed by atoms with Crippen molar-refractivity contribution < 1.29 is 4.74 Å². The van der Waals surface area contributed by atoms with Gasteiger partial charge in [0.25, 0.3) is 0 Å². The summed E-state index contributed by atoms with van der Waals surface area (Å²) in [4.78, 5) is 0. The molecule has 0 saturated carbocycles. The van der Waals surface area contributed by atoms with Crippen molar-refractivity contribution in [2.24, 2.45) is 0 Å². The lowest BCUT2D eigenvalue weighted by molar-refractivity contribution is 0.306. The van der Waals surface area contributed by atoms with Crippen LogP contribution in [0.4, 0.5) is 0 Å². The summed E-state index contributed by atoms with van der Waals surface area (Å²) in [7, 11) is 0. The summed E-state index contributed by atoms with van der Waals surface area (Å²) in [5.74, 6) is 0.876. The van der Waals surface area contributed by atoms with E-state index in [1.165, 1.54) is 11.1 Å². The van der Waals surface area contributed by atoms with Gasteiger partial charge in [-0.05, 0) is 47.9 Å². The number of ether oxygens (including phenoxy) is 1. The van der Waals surface area contributed by atoms with Crippen LogP contribution in [0.3, 0.4) is 0 Å². The van der Waals surface area contributed by atoms with Crippen LogP contribution >= 0.6 is 11.6 Å². The molecule has 128 valence electrons. The van der Waals surface area contributed by atoms with Crippen molar-refractivity contribution >= 4 is 11.6 Å². The zero-order valence-electron chi connectivity index (χ0n) is 14.3. The lowest BCUT2D eigenvalue weighted by Crippen LogP contribution is -2.17. The van der Waals surface area contributed by atoms with E-state index < -0.39 is 0 Å². The molecule has 1 atom stereocenters. The van der Waals surface area contributed by atoms with Crippen LogP contribution in [-0.2, 0) is 13.2 Å². The molecule has 1 unspecified atom stereocenters. The van der Waals surface area contributed by atoms with Crippen molar-refractivity contribution in [3.05, 3.63) is 101 Å². The molecule has 1 N–H and O–H groups in total. The molecule has 3 aromatic rings. The number of rotatable bonds is 7. The number of hydrogen-bond acceptors (Lipinski definition) is 2. The quantitative estimate of drug-likeness (QED) is 0.583. The summed E-state index contributed by atoms with van der Waals surface area (Å²) in [5, 5.41) is 4.29. The molecule has 3 aromatic carbocycles. The maximum absolute atomic E-state index is 5.91. The lowest BCUT2D eigenvalue weighted by Gasteiger charge is -2.15. The van der Waals surface area contributed by atoms with Crippen molar-refractivity contribution in [2.45, 2.75) is 26.1 Å². The van der Waals surface area contributed by atoms with E-state index in [2.05, 4.69) is 48.6 Å². The van der Waals surface area contributed by atoms with Crippen LogP contribution in [0.5, 0.6) is 5.75 Å². The first-order valence-electron chi connectivity index (χ1n) is 8.45. The van der Waals surface area contributed by atoms with Crippen LogP contribution in [0.1, 0.15) is 29.7 Å². The minimum absolute atomic E-state index is 0.305. The smallest absolute Gasteiger partial charge is 0.120 e. The van der Waals surface area contributed by atoms with Crippen molar-refractivity contribution in [1.82, 2.24) is 5.32 Å². The van der Waals surface area contributed by atoms with E-state index in [9.17, 15) is 0 Å². The van der Waals surface area contributed by atoms with Crippen LogP contribution in [0.25, 0.3) is 0 Å². The van der Waals surface area contributed by atoms with E-state index in [1.807, 2.05) is 42.5 Å². The standard InChI is InChI=1S/C22H22ClNO/c1-17(20-7-3-2-4-8-20)24-15-19-6-5-9-22(14-19)25-16-18-10-12-21(23)13-11-18/h2-14,17,24H,15-16H2,1H3. The fourth-order valence-corrected chi connectivity index (χ4v) is 2.75. The van der Waals surface area contributed by atoms with Crippen LogP contribution < -0.4 is 10.1 Å². The van der Waals surface area contributed by atoms with Crippen LogP contribution in [0.2, 0.25) is 5.02 Å². The second-order valence-corrected chi connectivity index (χ2v) is 6.51. The van der Waals surface area contributed by atoms with Gasteiger partial charge in [-0.1, -0.05) is 66.2 Å². The van der Waals surface area contributed by atoms with Gasteiger partial charge in [-0.15, -0.1) is 0 Å². The summed E-state index contributed by atoms with van der Waals surface area (Å²) in [6.07, 6.45) is 0. The van der Waals surface area contributed by atoms with Crippen molar-refractivity contribution in [3.8, 4) is 5.75 Å². The molecule has 0 aromatic heterocycles. The van der Waals surface area contributed by atoms with Crippen LogP contribution in [0, 0.1) is 0 Å². The largest absolute Gasteiger partial charge is 0.489 e. The first-order valence-corrected chi connectivity index (χ1v) is 8.83. The maximum Gasteiger partial charge on any atom is 0.120 e. The van der Waals surface area contributed by atoms with Gasteiger partial charge in [0.05, 0.1) is 0 Å². The normalized spacial score (nSPS) is 11.9. The third-order valence-corrected chi connectivity index (χ3v) is 4.38. The van der Waals surface area contributed by atoms with Crippen molar-refractivity contribution in [1.29, 1.82) is 0 Å². The van der Waals surface area contributed by atoms with Gasteiger partial charge < -0.3 is 10.1 Å². The molecule has 0 saturated heterocycles. The van der Waals surface area contributed by atoms with Gasteiger partial charge in [0.2, 0.25) is 0 Å². The third-order valence-electron chi connectivity index (χ3n) is 4.13. The Balaban J connectivity index is 1.55. The van der Waals surface area contributed by atoms with Crippen LogP contribution in [0.15, 0.2) is 78.9 Å². The Morgan fingerprint density at radius 1 is 0.880 bits per heavy atom. The number of benzene rings is 3. The molecule has 0 heterocycles. The molecule has 0 radical (unpaired) electrons. The Kier molecular flexibility index (Phi) is 6.10. The van der Waals surface area contributed by atoms with E-state index in [-0.39, 0.29) is 0 Å². The Morgan fingerprint density at radius 3 is 2.40 bits per heavy atom.